The average molecular weight is 264 g/mol. The van der Waals surface area contributed by atoms with Gasteiger partial charge in [-0.25, -0.2) is 26.0 Å². The molecule has 0 aliphatic carbocycles. The fraction of sp³-hybridized carbons (Fsp3) is 0.167. The van der Waals surface area contributed by atoms with Gasteiger partial charge in [-0.15, -0.1) is 0 Å². The highest BCUT2D eigenvalue weighted by Crippen LogP contribution is 2.29. The van der Waals surface area contributed by atoms with Crippen LogP contribution in [0.2, 0.25) is 0 Å². The summed E-state index contributed by atoms with van der Waals surface area (Å²) in [6, 6.07) is 0. The molecule has 0 atom stereocenters. The lowest BCUT2D eigenvalue weighted by molar-refractivity contribution is 0.140. The molecule has 0 aromatic carbocycles. The molecule has 0 N–H and O–H groups in total. The predicted molar refractivity (Wildman–Crippen MR) is 42.1 cm³/mol. The number of nitrogens with zero attached hydrogens (tertiary/aromatic N) is 1. The second-order valence-electron chi connectivity index (χ2n) is 2.37. The van der Waals surface area contributed by atoms with Crippen molar-refractivity contribution in [2.75, 3.05) is 0 Å². The molecule has 3 nitrogen and oxygen atoms in total. The number of rotatable bonds is 2. The van der Waals surface area contributed by atoms with Crippen LogP contribution in [0.15, 0.2) is 11.1 Å². The van der Waals surface area contributed by atoms with E-state index in [2.05, 4.69) is 15.7 Å². The minimum Gasteiger partial charge on any atom is -0.251 e. The van der Waals surface area contributed by atoms with Crippen molar-refractivity contribution in [1.29, 1.82) is 0 Å². The first kappa shape index (κ1) is 12.2. The van der Waals surface area contributed by atoms with Crippen LogP contribution < -0.4 is 0 Å². The Hall–Kier alpha value is -0.890. The Labute approximate surface area is 86.1 Å². The summed E-state index contributed by atoms with van der Waals surface area (Å²) in [6.07, 6.45) is -3.22. The van der Waals surface area contributed by atoms with E-state index in [4.69, 9.17) is 0 Å². The van der Waals surface area contributed by atoms with E-state index >= 15 is 0 Å². The van der Waals surface area contributed by atoms with Gasteiger partial charge in [-0.3, -0.25) is 4.98 Å². The van der Waals surface area contributed by atoms with Crippen molar-refractivity contribution in [3.63, 3.8) is 0 Å². The van der Waals surface area contributed by atoms with Crippen LogP contribution in [0.3, 0.4) is 0 Å². The number of hydrogen-bond donors (Lipinski definition) is 0. The lowest BCUT2D eigenvalue weighted by atomic mass is 10.3. The van der Waals surface area contributed by atoms with Gasteiger partial charge >= 0.3 is 0 Å². The van der Waals surface area contributed by atoms with Crippen molar-refractivity contribution in [3.05, 3.63) is 23.5 Å². The maximum atomic E-state index is 12.9. The molecule has 0 fully saturated rings. The quantitative estimate of drug-likeness (QED) is 0.607. The van der Waals surface area contributed by atoms with Crippen LogP contribution in [0, 0.1) is 11.6 Å². The van der Waals surface area contributed by atoms with Gasteiger partial charge in [0, 0.05) is 10.7 Å². The van der Waals surface area contributed by atoms with Crippen LogP contribution in [-0.2, 0) is 9.05 Å². The Morgan fingerprint density at radius 2 is 1.87 bits per heavy atom. The van der Waals surface area contributed by atoms with Gasteiger partial charge in [0.15, 0.2) is 11.6 Å². The van der Waals surface area contributed by atoms with E-state index in [9.17, 15) is 26.0 Å². The third-order valence-corrected chi connectivity index (χ3v) is 2.75. The summed E-state index contributed by atoms with van der Waals surface area (Å²) in [7, 11) is -0.140. The van der Waals surface area contributed by atoms with Crippen LogP contribution in [0.4, 0.5) is 17.6 Å². The number of alkyl halides is 2. The molecule has 15 heavy (non-hydrogen) atoms. The van der Waals surface area contributed by atoms with Gasteiger partial charge in [0.25, 0.3) is 15.5 Å². The fourth-order valence-corrected chi connectivity index (χ4v) is 1.99. The van der Waals surface area contributed by atoms with E-state index in [1.165, 1.54) is 0 Å². The molecular weight excluding hydrogens is 262 g/mol. The zero-order valence-electron chi connectivity index (χ0n) is 6.72. The van der Waals surface area contributed by atoms with Crippen molar-refractivity contribution < 1.29 is 26.0 Å². The number of pyridine rings is 1. The molecule has 0 spiro atoms. The molecule has 0 radical (unpaired) electrons. The molecule has 0 bridgehead atoms. The topological polar surface area (TPSA) is 47.0 Å². The van der Waals surface area contributed by atoms with Gasteiger partial charge in [-0.05, 0) is 0 Å². The Kier molecular flexibility index (Phi) is 3.19. The predicted octanol–water partition coefficient (Wildman–Crippen LogP) is 2.22. The molecule has 0 aliphatic heterocycles. The van der Waals surface area contributed by atoms with Gasteiger partial charge in [0.1, 0.15) is 10.6 Å². The van der Waals surface area contributed by atoms with Crippen LogP contribution in [0.5, 0.6) is 0 Å². The Morgan fingerprint density at radius 1 is 1.33 bits per heavy atom. The van der Waals surface area contributed by atoms with Crippen LogP contribution >= 0.6 is 10.7 Å². The lowest BCUT2D eigenvalue weighted by Gasteiger charge is -2.05. The fourth-order valence-electron chi connectivity index (χ4n) is 0.850. The average Bonchev–Trinajstić information content (AvgIpc) is 2.06. The summed E-state index contributed by atoms with van der Waals surface area (Å²) in [5.41, 5.74) is -1.41. The molecule has 0 saturated heterocycles. The molecule has 9 heteroatoms. The molecule has 1 aromatic rings. The van der Waals surface area contributed by atoms with Crippen LogP contribution in [0.25, 0.3) is 0 Å². The summed E-state index contributed by atoms with van der Waals surface area (Å²) in [6.45, 7) is 0. The summed E-state index contributed by atoms with van der Waals surface area (Å²) >= 11 is 0. The first-order chi connectivity index (χ1) is 6.75. The van der Waals surface area contributed by atoms with Gasteiger partial charge < -0.3 is 0 Å². The highest BCUT2D eigenvalue weighted by Gasteiger charge is 2.29. The van der Waals surface area contributed by atoms with E-state index in [0.29, 0.717) is 0 Å². The smallest absolute Gasteiger partial charge is 0.251 e. The van der Waals surface area contributed by atoms with Crippen LogP contribution in [0.1, 0.15) is 12.1 Å². The summed E-state index contributed by atoms with van der Waals surface area (Å²) in [5.74, 6) is -3.63. The number of halogens is 5. The Balaban J connectivity index is 3.65. The van der Waals surface area contributed by atoms with Gasteiger partial charge in [0.2, 0.25) is 0 Å². The second-order valence-corrected chi connectivity index (χ2v) is 4.88. The van der Waals surface area contributed by atoms with Crippen LogP contribution in [-0.4, -0.2) is 13.4 Å². The molecule has 1 rings (SSSR count). The maximum Gasteiger partial charge on any atom is 0.281 e. The first-order valence-electron chi connectivity index (χ1n) is 3.32. The number of aromatic nitrogens is 1. The van der Waals surface area contributed by atoms with E-state index in [1.54, 1.807) is 0 Å². The highest BCUT2D eigenvalue weighted by atomic mass is 35.7. The van der Waals surface area contributed by atoms with Crippen molar-refractivity contribution in [2.45, 2.75) is 11.3 Å². The summed E-state index contributed by atoms with van der Waals surface area (Å²) < 4.78 is 71.3. The standard InChI is InChI=1S/C6H2ClF4NO2S/c7-15(13,14)5-3(9)2(8)1-12-4(5)6(10)11/h1,6H. The highest BCUT2D eigenvalue weighted by molar-refractivity contribution is 8.13. The molecule has 0 amide bonds. The molecule has 84 valence electrons. The molecule has 0 aliphatic rings. The normalized spacial score (nSPS) is 12.1. The van der Waals surface area contributed by atoms with E-state index in [-0.39, 0.29) is 6.20 Å². The molecule has 0 unspecified atom stereocenters. The zero-order chi connectivity index (χ0) is 11.8. The Bertz CT molecular complexity index is 490. The van der Waals surface area contributed by atoms with Gasteiger partial charge in [-0.2, -0.15) is 0 Å². The molecule has 1 heterocycles. The van der Waals surface area contributed by atoms with Crippen molar-refractivity contribution in [3.8, 4) is 0 Å². The maximum absolute atomic E-state index is 12.9. The van der Waals surface area contributed by atoms with Crippen molar-refractivity contribution >= 4 is 19.7 Å². The summed E-state index contributed by atoms with van der Waals surface area (Å²) in [5, 5.41) is 0. The van der Waals surface area contributed by atoms with Crippen molar-refractivity contribution in [1.82, 2.24) is 4.98 Å². The minimum absolute atomic E-state index is 0.155. The third-order valence-electron chi connectivity index (χ3n) is 1.41. The number of hydrogen-bond acceptors (Lipinski definition) is 3. The second kappa shape index (κ2) is 3.93. The Morgan fingerprint density at radius 3 is 2.27 bits per heavy atom. The van der Waals surface area contributed by atoms with E-state index in [0.717, 1.165) is 0 Å². The minimum atomic E-state index is -4.82. The van der Waals surface area contributed by atoms with E-state index < -0.39 is 37.7 Å². The van der Waals surface area contributed by atoms with E-state index in [1.807, 2.05) is 0 Å². The SMILES string of the molecule is O=S(=O)(Cl)c1c(C(F)F)ncc(F)c1F. The molecule has 0 saturated carbocycles. The van der Waals surface area contributed by atoms with Gasteiger partial charge in [-0.1, -0.05) is 0 Å². The first-order valence-corrected chi connectivity index (χ1v) is 5.62. The largest absolute Gasteiger partial charge is 0.281 e. The van der Waals surface area contributed by atoms with Crippen molar-refractivity contribution in [2.24, 2.45) is 0 Å². The zero-order valence-corrected chi connectivity index (χ0v) is 8.29. The van der Waals surface area contributed by atoms with Gasteiger partial charge in [0.05, 0.1) is 6.20 Å². The monoisotopic (exact) mass is 263 g/mol. The lowest BCUT2D eigenvalue weighted by Crippen LogP contribution is -2.07. The molecular formula is C6H2ClF4NO2S. The summed E-state index contributed by atoms with van der Waals surface area (Å²) in [4.78, 5) is 1.15. The molecule has 1 aromatic heterocycles. The third kappa shape index (κ3) is 2.37.